The highest BCUT2D eigenvalue weighted by Gasteiger charge is 2.12. The lowest BCUT2D eigenvalue weighted by atomic mass is 10.1. The highest BCUT2D eigenvalue weighted by atomic mass is 16.5. The van der Waals surface area contributed by atoms with Crippen molar-refractivity contribution in [1.29, 1.82) is 0 Å². The average molecular weight is 262 g/mol. The summed E-state index contributed by atoms with van der Waals surface area (Å²) < 4.78 is 9.56. The van der Waals surface area contributed by atoms with Crippen molar-refractivity contribution in [2.24, 2.45) is 0 Å². The number of ether oxygens (including phenoxy) is 1. The number of nitrogen functional groups attached to an aromatic ring is 1. The zero-order valence-electron chi connectivity index (χ0n) is 10.6. The Morgan fingerprint density at radius 1 is 1.53 bits per heavy atom. The number of nitrogens with two attached hydrogens (primary N) is 1. The maximum absolute atomic E-state index is 11.6. The van der Waals surface area contributed by atoms with E-state index in [1.54, 1.807) is 25.1 Å². The van der Waals surface area contributed by atoms with E-state index in [1.165, 1.54) is 7.11 Å². The summed E-state index contributed by atoms with van der Waals surface area (Å²) in [4.78, 5) is 15.7. The normalized spacial score (nSPS) is 10.2. The van der Waals surface area contributed by atoms with Crippen molar-refractivity contribution in [2.75, 3.05) is 18.2 Å². The largest absolute Gasteiger partial charge is 0.465 e. The fourth-order valence-electron chi connectivity index (χ4n) is 1.58. The summed E-state index contributed by atoms with van der Waals surface area (Å²) in [5, 5.41) is 6.80. The number of nitrogens with one attached hydrogen (secondary N) is 1. The number of aryl methyl sites for hydroxylation is 1. The summed E-state index contributed by atoms with van der Waals surface area (Å²) >= 11 is 0. The predicted octanol–water partition coefficient (Wildman–Crippen LogP) is 1.36. The molecule has 0 spiro atoms. The standard InChI is InChI=1S/C12H14N4O3/c1-7-15-11(16-19-7)6-14-10-4-3-8(13)5-9(10)12(17)18-2/h3-5,14H,6,13H2,1-2H3. The van der Waals surface area contributed by atoms with Gasteiger partial charge in [0, 0.05) is 18.3 Å². The molecule has 0 aliphatic rings. The van der Waals surface area contributed by atoms with Crippen molar-refractivity contribution in [1.82, 2.24) is 10.1 Å². The third kappa shape index (κ3) is 3.01. The molecule has 0 amide bonds. The van der Waals surface area contributed by atoms with Crippen LogP contribution in [-0.4, -0.2) is 23.2 Å². The van der Waals surface area contributed by atoms with E-state index in [-0.39, 0.29) is 0 Å². The fraction of sp³-hybridized carbons (Fsp3) is 0.250. The second-order valence-electron chi connectivity index (χ2n) is 3.88. The molecule has 0 fully saturated rings. The minimum atomic E-state index is -0.459. The van der Waals surface area contributed by atoms with E-state index >= 15 is 0 Å². The van der Waals surface area contributed by atoms with E-state index in [2.05, 4.69) is 15.5 Å². The molecule has 2 rings (SSSR count). The van der Waals surface area contributed by atoms with Gasteiger partial charge in [-0.25, -0.2) is 4.79 Å². The number of benzene rings is 1. The van der Waals surface area contributed by atoms with E-state index in [0.717, 1.165) is 0 Å². The molecule has 19 heavy (non-hydrogen) atoms. The summed E-state index contributed by atoms with van der Waals surface area (Å²) in [6, 6.07) is 4.94. The van der Waals surface area contributed by atoms with Gasteiger partial charge in [-0.15, -0.1) is 0 Å². The molecule has 100 valence electrons. The number of carbonyl (C=O) groups excluding carboxylic acids is 1. The van der Waals surface area contributed by atoms with Crippen molar-refractivity contribution < 1.29 is 14.1 Å². The summed E-state index contributed by atoms with van der Waals surface area (Å²) in [6.07, 6.45) is 0. The Hall–Kier alpha value is -2.57. The minimum Gasteiger partial charge on any atom is -0.465 e. The van der Waals surface area contributed by atoms with Crippen LogP contribution in [0.2, 0.25) is 0 Å². The van der Waals surface area contributed by atoms with E-state index < -0.39 is 5.97 Å². The van der Waals surface area contributed by atoms with Crippen LogP contribution < -0.4 is 11.1 Å². The Labute approximate surface area is 109 Å². The second kappa shape index (κ2) is 5.38. The van der Waals surface area contributed by atoms with Crippen molar-refractivity contribution >= 4 is 17.3 Å². The summed E-state index contributed by atoms with van der Waals surface area (Å²) in [5.74, 6) is 0.534. The molecule has 0 bridgehead atoms. The first-order valence-electron chi connectivity index (χ1n) is 5.61. The Morgan fingerprint density at radius 2 is 2.32 bits per heavy atom. The van der Waals surface area contributed by atoms with Gasteiger partial charge in [0.25, 0.3) is 0 Å². The lowest BCUT2D eigenvalue weighted by Gasteiger charge is -2.09. The molecule has 3 N–H and O–H groups in total. The monoisotopic (exact) mass is 262 g/mol. The van der Waals surface area contributed by atoms with Crippen LogP contribution in [0.25, 0.3) is 0 Å². The number of hydrogen-bond donors (Lipinski definition) is 2. The number of rotatable bonds is 4. The highest BCUT2D eigenvalue weighted by molar-refractivity contribution is 5.96. The molecule has 0 aliphatic heterocycles. The highest BCUT2D eigenvalue weighted by Crippen LogP contribution is 2.20. The van der Waals surface area contributed by atoms with Crippen LogP contribution in [0.3, 0.4) is 0 Å². The van der Waals surface area contributed by atoms with Crippen LogP contribution in [0.5, 0.6) is 0 Å². The zero-order valence-corrected chi connectivity index (χ0v) is 10.6. The third-order valence-electron chi connectivity index (χ3n) is 2.46. The molecule has 7 nitrogen and oxygen atoms in total. The molecule has 1 aromatic heterocycles. The lowest BCUT2D eigenvalue weighted by molar-refractivity contribution is 0.0602. The Bertz CT molecular complexity index is 594. The van der Waals surface area contributed by atoms with Crippen molar-refractivity contribution in [3.63, 3.8) is 0 Å². The van der Waals surface area contributed by atoms with Crippen LogP contribution in [-0.2, 0) is 11.3 Å². The van der Waals surface area contributed by atoms with Crippen LogP contribution in [0.1, 0.15) is 22.1 Å². The summed E-state index contributed by atoms with van der Waals surface area (Å²) in [7, 11) is 1.32. The van der Waals surface area contributed by atoms with E-state index in [1.807, 2.05) is 0 Å². The van der Waals surface area contributed by atoms with Gasteiger partial charge in [-0.05, 0) is 18.2 Å². The van der Waals surface area contributed by atoms with Gasteiger partial charge in [0.1, 0.15) is 0 Å². The molecule has 0 saturated heterocycles. The van der Waals surface area contributed by atoms with Gasteiger partial charge in [-0.3, -0.25) is 0 Å². The number of carbonyl (C=O) groups is 1. The summed E-state index contributed by atoms with van der Waals surface area (Å²) in [6.45, 7) is 2.05. The molecular formula is C12H14N4O3. The van der Waals surface area contributed by atoms with Gasteiger partial charge in [-0.1, -0.05) is 5.16 Å². The van der Waals surface area contributed by atoms with Gasteiger partial charge in [-0.2, -0.15) is 4.98 Å². The average Bonchev–Trinajstić information content (AvgIpc) is 2.82. The first kappa shape index (κ1) is 12.9. The second-order valence-corrected chi connectivity index (χ2v) is 3.88. The van der Waals surface area contributed by atoms with Crippen LogP contribution in [0.15, 0.2) is 22.7 Å². The molecule has 0 unspecified atom stereocenters. The van der Waals surface area contributed by atoms with Gasteiger partial charge >= 0.3 is 5.97 Å². The van der Waals surface area contributed by atoms with E-state index in [9.17, 15) is 4.79 Å². The number of aromatic nitrogens is 2. The molecule has 0 aliphatic carbocycles. The van der Waals surface area contributed by atoms with Crippen molar-refractivity contribution in [3.05, 3.63) is 35.5 Å². The fourth-order valence-corrected chi connectivity index (χ4v) is 1.58. The maximum atomic E-state index is 11.6. The predicted molar refractivity (Wildman–Crippen MR) is 68.6 cm³/mol. The Morgan fingerprint density at radius 3 is 2.95 bits per heavy atom. The number of methoxy groups -OCH3 is 1. The Kier molecular flexibility index (Phi) is 3.65. The number of esters is 1. The van der Waals surface area contributed by atoms with E-state index in [4.69, 9.17) is 15.0 Å². The van der Waals surface area contributed by atoms with Gasteiger partial charge in [0.2, 0.25) is 5.89 Å². The smallest absolute Gasteiger partial charge is 0.340 e. The molecule has 1 heterocycles. The van der Waals surface area contributed by atoms with Crippen molar-refractivity contribution in [3.8, 4) is 0 Å². The first-order chi connectivity index (χ1) is 9.10. The quantitative estimate of drug-likeness (QED) is 0.633. The molecule has 2 aromatic rings. The number of hydrogen-bond acceptors (Lipinski definition) is 7. The summed E-state index contributed by atoms with van der Waals surface area (Å²) in [5.41, 5.74) is 7.11. The van der Waals surface area contributed by atoms with Crippen LogP contribution >= 0.6 is 0 Å². The van der Waals surface area contributed by atoms with Gasteiger partial charge < -0.3 is 20.3 Å². The number of anilines is 2. The molecule has 0 saturated carbocycles. The minimum absolute atomic E-state index is 0.339. The molecule has 7 heteroatoms. The topological polar surface area (TPSA) is 103 Å². The lowest BCUT2D eigenvalue weighted by Crippen LogP contribution is -2.09. The zero-order chi connectivity index (χ0) is 13.8. The van der Waals surface area contributed by atoms with Crippen molar-refractivity contribution in [2.45, 2.75) is 13.5 Å². The Balaban J connectivity index is 2.17. The van der Waals surface area contributed by atoms with Gasteiger partial charge in [0.05, 0.1) is 19.2 Å². The van der Waals surface area contributed by atoms with E-state index in [0.29, 0.717) is 35.2 Å². The molecule has 0 radical (unpaired) electrons. The molecular weight excluding hydrogens is 248 g/mol. The first-order valence-corrected chi connectivity index (χ1v) is 5.61. The third-order valence-corrected chi connectivity index (χ3v) is 2.46. The van der Waals surface area contributed by atoms with Crippen LogP contribution in [0, 0.1) is 6.92 Å². The SMILES string of the molecule is COC(=O)c1cc(N)ccc1NCc1noc(C)n1. The maximum Gasteiger partial charge on any atom is 0.340 e. The van der Waals surface area contributed by atoms with Crippen LogP contribution in [0.4, 0.5) is 11.4 Å². The molecule has 1 aromatic carbocycles. The molecule has 0 atom stereocenters. The van der Waals surface area contributed by atoms with Gasteiger partial charge in [0.15, 0.2) is 5.82 Å². The number of nitrogens with zero attached hydrogens (tertiary/aromatic N) is 2.